The van der Waals surface area contributed by atoms with Gasteiger partial charge in [0.05, 0.1) is 7.11 Å². The summed E-state index contributed by atoms with van der Waals surface area (Å²) in [6.45, 7) is 0.227. The molecule has 0 spiro atoms. The normalized spacial score (nSPS) is 12.5. The Balaban J connectivity index is 2.20. The van der Waals surface area contributed by atoms with E-state index in [0.29, 0.717) is 22.9 Å². The molecule has 0 fully saturated rings. The van der Waals surface area contributed by atoms with Crippen molar-refractivity contribution in [1.29, 1.82) is 0 Å². The number of nitrogens with zero attached hydrogens (tertiary/aromatic N) is 1. The lowest BCUT2D eigenvalue weighted by atomic mass is 10.0. The molecular formula is C13H12N2O3. The lowest BCUT2D eigenvalue weighted by Gasteiger charge is -2.11. The minimum Gasteiger partial charge on any atom is -0.496 e. The monoisotopic (exact) mass is 244 g/mol. The molecule has 1 aromatic carbocycles. The number of rotatable bonds is 2. The van der Waals surface area contributed by atoms with Gasteiger partial charge in [-0.25, -0.2) is 0 Å². The highest BCUT2D eigenvalue weighted by Gasteiger charge is 2.19. The van der Waals surface area contributed by atoms with Crippen LogP contribution in [0.2, 0.25) is 0 Å². The summed E-state index contributed by atoms with van der Waals surface area (Å²) >= 11 is 0. The molecule has 0 unspecified atom stereocenters. The van der Waals surface area contributed by atoms with Crippen molar-refractivity contribution >= 4 is 5.69 Å². The smallest absolute Gasteiger partial charge is 0.231 e. The van der Waals surface area contributed by atoms with Crippen molar-refractivity contribution in [3.63, 3.8) is 0 Å². The molecule has 2 N–H and O–H groups in total. The van der Waals surface area contributed by atoms with Crippen LogP contribution < -0.4 is 19.9 Å². The van der Waals surface area contributed by atoms with E-state index in [1.165, 1.54) is 0 Å². The number of benzene rings is 1. The number of pyridine rings is 1. The van der Waals surface area contributed by atoms with E-state index >= 15 is 0 Å². The Morgan fingerprint density at radius 1 is 1.22 bits per heavy atom. The van der Waals surface area contributed by atoms with Crippen molar-refractivity contribution in [2.75, 3.05) is 19.6 Å². The number of hydrogen-bond acceptors (Lipinski definition) is 5. The van der Waals surface area contributed by atoms with Crippen molar-refractivity contribution in [1.82, 2.24) is 4.98 Å². The first-order valence-electron chi connectivity index (χ1n) is 5.47. The van der Waals surface area contributed by atoms with Crippen molar-refractivity contribution in [3.05, 3.63) is 30.6 Å². The highest BCUT2D eigenvalue weighted by Crippen LogP contribution is 2.43. The molecule has 1 aliphatic rings. The van der Waals surface area contributed by atoms with Crippen LogP contribution in [0.15, 0.2) is 30.6 Å². The lowest BCUT2D eigenvalue weighted by Crippen LogP contribution is -1.94. The van der Waals surface area contributed by atoms with Crippen LogP contribution in [0, 0.1) is 0 Å². The van der Waals surface area contributed by atoms with E-state index in [9.17, 15) is 0 Å². The van der Waals surface area contributed by atoms with Gasteiger partial charge in [0.15, 0.2) is 11.5 Å². The molecule has 0 bridgehead atoms. The Labute approximate surface area is 104 Å². The van der Waals surface area contributed by atoms with Gasteiger partial charge < -0.3 is 19.9 Å². The molecular weight excluding hydrogens is 232 g/mol. The number of nitrogen functional groups attached to an aromatic ring is 1. The van der Waals surface area contributed by atoms with Crippen molar-refractivity contribution in [3.8, 4) is 28.4 Å². The van der Waals surface area contributed by atoms with Crippen LogP contribution in [0.1, 0.15) is 0 Å². The standard InChI is InChI=1S/C13H12N2O3/c1-16-11-5-13-12(17-7-18-13)4-8(11)9-6-15-3-2-10(9)14/h2-6H,7H2,1H3,(H2,14,15). The van der Waals surface area contributed by atoms with Crippen molar-refractivity contribution in [2.45, 2.75) is 0 Å². The van der Waals surface area contributed by atoms with E-state index in [1.54, 1.807) is 31.6 Å². The van der Waals surface area contributed by atoms with Gasteiger partial charge in [0.2, 0.25) is 6.79 Å². The zero-order valence-corrected chi connectivity index (χ0v) is 9.84. The summed E-state index contributed by atoms with van der Waals surface area (Å²) in [5, 5.41) is 0. The van der Waals surface area contributed by atoms with Gasteiger partial charge in [0.25, 0.3) is 0 Å². The number of nitrogens with two attached hydrogens (primary N) is 1. The number of aromatic nitrogens is 1. The Morgan fingerprint density at radius 2 is 2.00 bits per heavy atom. The SMILES string of the molecule is COc1cc2c(cc1-c1cnccc1N)OCO2. The number of hydrogen-bond donors (Lipinski definition) is 1. The summed E-state index contributed by atoms with van der Waals surface area (Å²) in [5.41, 5.74) is 8.25. The minimum absolute atomic E-state index is 0.227. The maximum Gasteiger partial charge on any atom is 0.231 e. The van der Waals surface area contributed by atoms with Crippen LogP contribution in [-0.2, 0) is 0 Å². The molecule has 18 heavy (non-hydrogen) atoms. The van der Waals surface area contributed by atoms with Crippen LogP contribution in [0.3, 0.4) is 0 Å². The van der Waals surface area contributed by atoms with Crippen LogP contribution in [0.4, 0.5) is 5.69 Å². The zero-order chi connectivity index (χ0) is 12.5. The molecule has 2 heterocycles. The molecule has 5 heteroatoms. The van der Waals surface area contributed by atoms with Crippen molar-refractivity contribution in [2.24, 2.45) is 0 Å². The summed E-state index contributed by atoms with van der Waals surface area (Å²) in [4.78, 5) is 4.08. The summed E-state index contributed by atoms with van der Waals surface area (Å²) in [6, 6.07) is 5.40. The molecule has 0 saturated carbocycles. The second-order valence-corrected chi connectivity index (χ2v) is 3.87. The van der Waals surface area contributed by atoms with E-state index < -0.39 is 0 Å². The second-order valence-electron chi connectivity index (χ2n) is 3.87. The highest BCUT2D eigenvalue weighted by atomic mass is 16.7. The molecule has 0 radical (unpaired) electrons. The molecule has 92 valence electrons. The minimum atomic E-state index is 0.227. The first-order chi connectivity index (χ1) is 8.79. The number of ether oxygens (including phenoxy) is 3. The third-order valence-electron chi connectivity index (χ3n) is 2.84. The second kappa shape index (κ2) is 4.10. The summed E-state index contributed by atoms with van der Waals surface area (Å²) < 4.78 is 16.0. The Bertz CT molecular complexity index is 599. The van der Waals surface area contributed by atoms with Crippen molar-refractivity contribution < 1.29 is 14.2 Å². The average molecular weight is 244 g/mol. The largest absolute Gasteiger partial charge is 0.496 e. The van der Waals surface area contributed by atoms with Gasteiger partial charge in [-0.2, -0.15) is 0 Å². The first-order valence-corrected chi connectivity index (χ1v) is 5.47. The molecule has 1 aromatic heterocycles. The van der Waals surface area contributed by atoms with Gasteiger partial charge in [0.1, 0.15) is 5.75 Å². The van der Waals surface area contributed by atoms with Gasteiger partial charge >= 0.3 is 0 Å². The fourth-order valence-electron chi connectivity index (χ4n) is 1.93. The maximum absolute atomic E-state index is 5.95. The molecule has 0 aliphatic carbocycles. The van der Waals surface area contributed by atoms with E-state index in [2.05, 4.69) is 4.98 Å². The third-order valence-corrected chi connectivity index (χ3v) is 2.84. The molecule has 1 aliphatic heterocycles. The van der Waals surface area contributed by atoms with Gasteiger partial charge in [0, 0.05) is 35.3 Å². The van der Waals surface area contributed by atoms with Crippen LogP contribution >= 0.6 is 0 Å². The Kier molecular flexibility index (Phi) is 2.44. The topological polar surface area (TPSA) is 66.6 Å². The maximum atomic E-state index is 5.95. The summed E-state index contributed by atoms with van der Waals surface area (Å²) in [5.74, 6) is 2.05. The van der Waals surface area contributed by atoms with E-state index in [-0.39, 0.29) is 6.79 Å². The fourth-order valence-corrected chi connectivity index (χ4v) is 1.93. The predicted octanol–water partition coefficient (Wildman–Crippen LogP) is 2.07. The Hall–Kier alpha value is -2.43. The van der Waals surface area contributed by atoms with E-state index in [0.717, 1.165) is 11.1 Å². The first kappa shape index (κ1) is 10.7. The molecule has 0 amide bonds. The van der Waals surface area contributed by atoms with Gasteiger partial charge in [-0.05, 0) is 12.1 Å². The summed E-state index contributed by atoms with van der Waals surface area (Å²) in [6.07, 6.45) is 3.35. The van der Waals surface area contributed by atoms with E-state index in [4.69, 9.17) is 19.9 Å². The van der Waals surface area contributed by atoms with Gasteiger partial charge in [-0.15, -0.1) is 0 Å². The summed E-state index contributed by atoms with van der Waals surface area (Å²) in [7, 11) is 1.60. The van der Waals surface area contributed by atoms with Gasteiger partial charge in [-0.3, -0.25) is 4.98 Å². The Morgan fingerprint density at radius 3 is 2.72 bits per heavy atom. The molecule has 0 saturated heterocycles. The zero-order valence-electron chi connectivity index (χ0n) is 9.84. The van der Waals surface area contributed by atoms with Crippen LogP contribution in [0.25, 0.3) is 11.1 Å². The fraction of sp³-hybridized carbons (Fsp3) is 0.154. The van der Waals surface area contributed by atoms with Gasteiger partial charge in [-0.1, -0.05) is 0 Å². The molecule has 5 nitrogen and oxygen atoms in total. The predicted molar refractivity (Wildman–Crippen MR) is 66.8 cm³/mol. The quantitative estimate of drug-likeness (QED) is 0.875. The number of fused-ring (bicyclic) bond motifs is 1. The molecule has 3 rings (SSSR count). The molecule has 0 atom stereocenters. The highest BCUT2D eigenvalue weighted by molar-refractivity contribution is 5.81. The lowest BCUT2D eigenvalue weighted by molar-refractivity contribution is 0.174. The third kappa shape index (κ3) is 1.60. The van der Waals surface area contributed by atoms with Crippen LogP contribution in [0.5, 0.6) is 17.2 Å². The van der Waals surface area contributed by atoms with Crippen LogP contribution in [-0.4, -0.2) is 18.9 Å². The molecule has 2 aromatic rings. The number of anilines is 1. The average Bonchev–Trinajstić information content (AvgIpc) is 2.85. The van der Waals surface area contributed by atoms with E-state index in [1.807, 2.05) is 6.07 Å². The number of methoxy groups -OCH3 is 1.